The summed E-state index contributed by atoms with van der Waals surface area (Å²) < 4.78 is 62.0. The van der Waals surface area contributed by atoms with Crippen molar-refractivity contribution in [2.45, 2.75) is 58.5 Å². The van der Waals surface area contributed by atoms with E-state index in [9.17, 15) is 26.5 Å². The molecule has 4 bridgehead atoms. The summed E-state index contributed by atoms with van der Waals surface area (Å²) in [5.74, 6) is -0.579. The van der Waals surface area contributed by atoms with Crippen molar-refractivity contribution < 1.29 is 31.3 Å². The molecule has 4 aliphatic rings. The second-order valence-corrected chi connectivity index (χ2v) is 14.7. The van der Waals surface area contributed by atoms with Crippen LogP contribution in [0.15, 0.2) is 106 Å². The topological polar surface area (TPSA) is 83.5 Å². The van der Waals surface area contributed by atoms with Gasteiger partial charge in [0, 0.05) is 5.41 Å². The fourth-order valence-electron chi connectivity index (χ4n) is 6.95. The van der Waals surface area contributed by atoms with Crippen LogP contribution >= 0.6 is 0 Å². The van der Waals surface area contributed by atoms with E-state index in [0.29, 0.717) is 17.8 Å². The summed E-state index contributed by atoms with van der Waals surface area (Å²) in [6.45, 7) is -0.208. The Bertz CT molecular complexity index is 1270. The van der Waals surface area contributed by atoms with E-state index in [1.54, 1.807) is 0 Å². The lowest BCUT2D eigenvalue weighted by molar-refractivity contribution is -0.172. The number of hydrogen-bond acceptors (Lipinski definition) is 5. The van der Waals surface area contributed by atoms with Crippen LogP contribution in [0.2, 0.25) is 0 Å². The van der Waals surface area contributed by atoms with Crippen molar-refractivity contribution >= 4 is 27.0 Å². The molecule has 4 saturated carbocycles. The van der Waals surface area contributed by atoms with Crippen LogP contribution in [0.5, 0.6) is 0 Å². The zero-order chi connectivity index (χ0) is 28.4. The number of alkyl halides is 2. The van der Waals surface area contributed by atoms with Crippen LogP contribution in [0.25, 0.3) is 0 Å². The van der Waals surface area contributed by atoms with E-state index >= 15 is 0 Å². The van der Waals surface area contributed by atoms with E-state index in [-0.39, 0.29) is 22.9 Å². The highest BCUT2D eigenvalue weighted by Crippen LogP contribution is 2.60. The zero-order valence-corrected chi connectivity index (χ0v) is 23.6. The summed E-state index contributed by atoms with van der Waals surface area (Å²) in [6, 6.07) is 32.2. The lowest BCUT2D eigenvalue weighted by Crippen LogP contribution is -2.49. The first-order valence-electron chi connectivity index (χ1n) is 13.5. The number of carbonyl (C=O) groups excluding carboxylic acids is 1. The quantitative estimate of drug-likeness (QED) is 0.176. The van der Waals surface area contributed by atoms with Crippen LogP contribution < -0.4 is 0 Å². The summed E-state index contributed by atoms with van der Waals surface area (Å²) >= 11 is 0. The summed E-state index contributed by atoms with van der Waals surface area (Å²) in [6.07, 6.45) is 5.96. The number of esters is 1. The van der Waals surface area contributed by atoms with Crippen molar-refractivity contribution in [3.8, 4) is 0 Å². The minimum Gasteiger partial charge on any atom is -0.743 e. The largest absolute Gasteiger partial charge is 0.743 e. The molecule has 0 radical (unpaired) electrons. The van der Waals surface area contributed by atoms with E-state index in [4.69, 9.17) is 0 Å². The number of halogens is 2. The van der Waals surface area contributed by atoms with E-state index in [1.165, 1.54) is 14.7 Å². The molecule has 0 amide bonds. The molecule has 212 valence electrons. The molecule has 0 atom stereocenters. The molecule has 0 N–H and O–H groups in total. The molecule has 0 unspecified atom stereocenters. The Morgan fingerprint density at radius 1 is 0.775 bits per heavy atom. The maximum absolute atomic E-state index is 13.1. The minimum absolute atomic E-state index is 0.0146. The first kappa shape index (κ1) is 28.8. The third-order valence-electron chi connectivity index (χ3n) is 8.16. The van der Waals surface area contributed by atoms with Gasteiger partial charge in [0.05, 0.1) is 17.5 Å². The highest BCUT2D eigenvalue weighted by Gasteiger charge is 2.53. The van der Waals surface area contributed by atoms with Gasteiger partial charge < -0.3 is 9.29 Å². The van der Waals surface area contributed by atoms with Gasteiger partial charge >= 0.3 is 11.2 Å². The van der Waals surface area contributed by atoms with Crippen molar-refractivity contribution in [3.05, 3.63) is 91.0 Å². The predicted octanol–water partition coefficient (Wildman–Crippen LogP) is 6.67. The maximum Gasteiger partial charge on any atom is 0.428 e. The number of ether oxygens (including phenoxy) is 1. The number of hydrogen-bond donors (Lipinski definition) is 0. The standard InChI is InChI=1S/C18H15S.C13H18F2O5S/c1-4-10-16(11-5-1)19(17-12-6-2-7-13-17)18-14-8-3-9-15-18;14-13(15,21(17,18)19)11(16)20-7-12-4-8-1-9(5-12)3-10(2-8)6-12/h1-15H;8-10H,1-7H2,(H,17,18,19)/q+1;/p-1. The Morgan fingerprint density at radius 3 is 1.45 bits per heavy atom. The molecule has 9 heteroatoms. The van der Waals surface area contributed by atoms with Crippen molar-refractivity contribution in [1.82, 2.24) is 0 Å². The van der Waals surface area contributed by atoms with Crippen molar-refractivity contribution in [2.24, 2.45) is 23.2 Å². The lowest BCUT2D eigenvalue weighted by atomic mass is 9.50. The molecule has 0 aliphatic heterocycles. The first-order chi connectivity index (χ1) is 19.1. The number of rotatable bonds is 7. The Labute approximate surface area is 237 Å². The molecular weight excluding hydrogens is 554 g/mol. The fraction of sp³-hybridized carbons (Fsp3) is 0.387. The van der Waals surface area contributed by atoms with E-state index in [1.807, 2.05) is 0 Å². The Morgan fingerprint density at radius 2 is 1.12 bits per heavy atom. The van der Waals surface area contributed by atoms with Gasteiger partial charge in [-0.05, 0) is 92.7 Å². The Balaban J connectivity index is 0.000000162. The lowest BCUT2D eigenvalue weighted by Gasteiger charge is -2.56. The number of benzene rings is 3. The van der Waals surface area contributed by atoms with Crippen molar-refractivity contribution in [2.75, 3.05) is 6.61 Å². The van der Waals surface area contributed by atoms with Gasteiger partial charge in [-0.15, -0.1) is 0 Å². The third-order valence-corrected chi connectivity index (χ3v) is 11.2. The van der Waals surface area contributed by atoms with Gasteiger partial charge in [-0.25, -0.2) is 13.2 Å². The third kappa shape index (κ3) is 6.26. The molecule has 4 fully saturated rings. The molecule has 3 aromatic rings. The van der Waals surface area contributed by atoms with Crippen molar-refractivity contribution in [3.63, 3.8) is 0 Å². The summed E-state index contributed by atoms with van der Waals surface area (Å²) in [5, 5.41) is -5.00. The van der Waals surface area contributed by atoms with Crippen LogP contribution in [-0.2, 0) is 30.5 Å². The van der Waals surface area contributed by atoms with Crippen LogP contribution in [0, 0.1) is 23.2 Å². The van der Waals surface area contributed by atoms with Gasteiger partial charge in [-0.3, -0.25) is 0 Å². The van der Waals surface area contributed by atoms with Gasteiger partial charge in [0.25, 0.3) is 0 Å². The van der Waals surface area contributed by atoms with Gasteiger partial charge in [0.2, 0.25) is 0 Å². The molecule has 4 aliphatic carbocycles. The van der Waals surface area contributed by atoms with E-state index < -0.39 is 21.3 Å². The zero-order valence-electron chi connectivity index (χ0n) is 22.0. The van der Waals surface area contributed by atoms with Crippen molar-refractivity contribution in [1.29, 1.82) is 0 Å². The molecule has 0 saturated heterocycles. The summed E-state index contributed by atoms with van der Waals surface area (Å²) in [5.41, 5.74) is -0.298. The molecule has 5 nitrogen and oxygen atoms in total. The molecule has 40 heavy (non-hydrogen) atoms. The molecule has 0 aromatic heterocycles. The van der Waals surface area contributed by atoms with E-state index in [2.05, 4.69) is 95.7 Å². The van der Waals surface area contributed by atoms with Crippen LogP contribution in [-0.4, -0.2) is 30.8 Å². The predicted molar refractivity (Wildman–Crippen MR) is 148 cm³/mol. The molecule has 0 heterocycles. The highest BCUT2D eigenvalue weighted by atomic mass is 32.2. The van der Waals surface area contributed by atoms with Crippen LogP contribution in [0.1, 0.15) is 38.5 Å². The minimum atomic E-state index is -6.04. The van der Waals surface area contributed by atoms with Gasteiger partial charge in [0.15, 0.2) is 24.8 Å². The molecular formula is C31H32F2O5S2. The second kappa shape index (κ2) is 11.6. The van der Waals surface area contributed by atoms with Gasteiger partial charge in [-0.1, -0.05) is 54.6 Å². The van der Waals surface area contributed by atoms with Gasteiger partial charge in [0.1, 0.15) is 0 Å². The van der Waals surface area contributed by atoms with Crippen LogP contribution in [0.3, 0.4) is 0 Å². The maximum atomic E-state index is 13.1. The smallest absolute Gasteiger partial charge is 0.428 e. The monoisotopic (exact) mass is 586 g/mol. The fourth-order valence-corrected chi connectivity index (χ4v) is 9.32. The highest BCUT2D eigenvalue weighted by molar-refractivity contribution is 7.97. The summed E-state index contributed by atoms with van der Waals surface area (Å²) in [4.78, 5) is 15.3. The van der Waals surface area contributed by atoms with E-state index in [0.717, 1.165) is 38.5 Å². The first-order valence-corrected chi connectivity index (χ1v) is 16.1. The second-order valence-electron chi connectivity index (χ2n) is 11.2. The SMILES string of the molecule is O=C(OCC12CC3CC(CC(C3)C1)C2)C(F)(F)S(=O)(=O)[O-].c1ccc([S+](c2ccccc2)c2ccccc2)cc1. The Hall–Kier alpha value is -2.75. The summed E-state index contributed by atoms with van der Waals surface area (Å²) in [7, 11) is -6.05. The number of carbonyl (C=O) groups is 1. The molecule has 7 rings (SSSR count). The normalized spacial score (nSPS) is 25.2. The van der Waals surface area contributed by atoms with Gasteiger partial charge in [-0.2, -0.15) is 8.78 Å². The molecule has 0 spiro atoms. The molecule has 3 aromatic carbocycles. The Kier molecular flexibility index (Phi) is 8.36. The van der Waals surface area contributed by atoms with Crippen LogP contribution in [0.4, 0.5) is 8.78 Å². The average Bonchev–Trinajstić information content (AvgIpc) is 2.93. The average molecular weight is 587 g/mol.